The quantitative estimate of drug-likeness (QED) is 0.219. The number of nitrogens with one attached hydrogen (secondary N) is 1. The second kappa shape index (κ2) is 10.8. The zero-order valence-corrected chi connectivity index (χ0v) is 18.9. The molecule has 0 aromatic heterocycles. The molecule has 156 valence electrons. The molecule has 0 radical (unpaired) electrons. The molecule has 1 heterocycles. The number of ether oxygens (including phenoxy) is 1. The normalized spacial score (nSPS) is 14.2. The van der Waals surface area contributed by atoms with Crippen molar-refractivity contribution in [1.82, 2.24) is 10.2 Å². The fourth-order valence-electron chi connectivity index (χ4n) is 3.34. The summed E-state index contributed by atoms with van der Waals surface area (Å²) in [4.78, 5) is 19.4. The van der Waals surface area contributed by atoms with Gasteiger partial charge in [-0.1, -0.05) is 24.3 Å². The second-order valence-electron chi connectivity index (χ2n) is 6.47. The van der Waals surface area contributed by atoms with Gasteiger partial charge in [0, 0.05) is 51.9 Å². The van der Waals surface area contributed by atoms with Gasteiger partial charge in [-0.2, -0.15) is 0 Å². The molecule has 29 heavy (non-hydrogen) atoms. The van der Waals surface area contributed by atoms with Crippen LogP contribution in [0, 0.1) is 10.1 Å². The molecule has 0 bridgehead atoms. The molecule has 8 nitrogen and oxygen atoms in total. The summed E-state index contributed by atoms with van der Waals surface area (Å²) in [6, 6.07) is 14.7. The molecule has 3 rings (SSSR count). The summed E-state index contributed by atoms with van der Waals surface area (Å²) in [5.41, 5.74) is 2.05. The van der Waals surface area contributed by atoms with Gasteiger partial charge in [0.15, 0.2) is 5.96 Å². The number of guanidine groups is 1. The van der Waals surface area contributed by atoms with Gasteiger partial charge in [0.2, 0.25) is 0 Å². The van der Waals surface area contributed by atoms with Crippen molar-refractivity contribution >= 4 is 41.3 Å². The van der Waals surface area contributed by atoms with Gasteiger partial charge in [0.05, 0.1) is 17.7 Å². The van der Waals surface area contributed by atoms with Gasteiger partial charge in [-0.25, -0.2) is 0 Å². The van der Waals surface area contributed by atoms with Gasteiger partial charge in [0.25, 0.3) is 5.69 Å². The predicted octanol–water partition coefficient (Wildman–Crippen LogP) is 3.12. The van der Waals surface area contributed by atoms with Crippen molar-refractivity contribution in [2.24, 2.45) is 4.99 Å². The Labute approximate surface area is 187 Å². The third kappa shape index (κ3) is 5.72. The van der Waals surface area contributed by atoms with Crippen molar-refractivity contribution < 1.29 is 9.66 Å². The summed E-state index contributed by atoms with van der Waals surface area (Å²) in [7, 11) is 3.44. The highest BCUT2D eigenvalue weighted by Gasteiger charge is 2.21. The third-order valence-corrected chi connectivity index (χ3v) is 4.79. The number of anilines is 1. The van der Waals surface area contributed by atoms with E-state index < -0.39 is 0 Å². The minimum absolute atomic E-state index is 0. The number of hydrogen-bond donors (Lipinski definition) is 1. The van der Waals surface area contributed by atoms with Gasteiger partial charge in [-0.3, -0.25) is 15.1 Å². The highest BCUT2D eigenvalue weighted by Crippen LogP contribution is 2.28. The van der Waals surface area contributed by atoms with E-state index in [0.717, 1.165) is 49.1 Å². The highest BCUT2D eigenvalue weighted by atomic mass is 127. The summed E-state index contributed by atoms with van der Waals surface area (Å²) in [6.45, 7) is 3.86. The van der Waals surface area contributed by atoms with E-state index in [1.807, 2.05) is 24.3 Å². The van der Waals surface area contributed by atoms with Gasteiger partial charge < -0.3 is 19.9 Å². The lowest BCUT2D eigenvalue weighted by Crippen LogP contribution is -2.52. The van der Waals surface area contributed by atoms with E-state index in [1.54, 1.807) is 26.3 Å². The first-order valence-corrected chi connectivity index (χ1v) is 9.19. The molecule has 1 aliphatic rings. The van der Waals surface area contributed by atoms with Crippen molar-refractivity contribution in [3.8, 4) is 5.75 Å². The topological polar surface area (TPSA) is 83.2 Å². The van der Waals surface area contributed by atoms with E-state index >= 15 is 0 Å². The molecular formula is C20H26IN5O3. The maximum absolute atomic E-state index is 10.9. The maximum atomic E-state index is 10.9. The molecule has 2 aromatic carbocycles. The van der Waals surface area contributed by atoms with Crippen LogP contribution in [0.3, 0.4) is 0 Å². The Hall–Kier alpha value is -2.56. The van der Waals surface area contributed by atoms with Gasteiger partial charge in [0.1, 0.15) is 5.75 Å². The Kier molecular flexibility index (Phi) is 8.50. The van der Waals surface area contributed by atoms with E-state index in [0.29, 0.717) is 6.54 Å². The first kappa shape index (κ1) is 22.7. The van der Waals surface area contributed by atoms with Gasteiger partial charge in [-0.15, -0.1) is 24.0 Å². The summed E-state index contributed by atoms with van der Waals surface area (Å²) < 4.78 is 5.47. The first-order chi connectivity index (χ1) is 13.6. The molecule has 9 heteroatoms. The van der Waals surface area contributed by atoms with Crippen LogP contribution < -0.4 is 15.0 Å². The number of piperazine rings is 1. The number of nitro benzene ring substituents is 1. The molecule has 1 saturated heterocycles. The number of para-hydroxylation sites is 2. The number of halogens is 1. The van der Waals surface area contributed by atoms with Crippen LogP contribution in [0.25, 0.3) is 0 Å². The molecule has 1 N–H and O–H groups in total. The number of nitrogens with zero attached hydrogens (tertiary/aromatic N) is 4. The lowest BCUT2D eigenvalue weighted by Gasteiger charge is -2.38. The summed E-state index contributed by atoms with van der Waals surface area (Å²) >= 11 is 0. The van der Waals surface area contributed by atoms with Crippen LogP contribution in [0.5, 0.6) is 5.75 Å². The molecule has 0 aliphatic carbocycles. The molecule has 0 saturated carbocycles. The molecule has 2 aromatic rings. The summed E-state index contributed by atoms with van der Waals surface area (Å²) in [6.07, 6.45) is 0. The van der Waals surface area contributed by atoms with Crippen molar-refractivity contribution in [2.45, 2.75) is 6.54 Å². The number of hydrogen-bond acceptors (Lipinski definition) is 5. The molecule has 0 amide bonds. The van der Waals surface area contributed by atoms with E-state index in [-0.39, 0.29) is 34.6 Å². The smallest absolute Gasteiger partial charge is 0.269 e. The Bertz CT molecular complexity index is 854. The number of non-ortho nitro benzene ring substituents is 1. The largest absolute Gasteiger partial charge is 0.495 e. The standard InChI is InChI=1S/C20H25N5O3.HI/c1-21-20(22-15-16-6-5-7-17(14-16)25(26)27)24-12-10-23(11-13-24)18-8-3-4-9-19(18)28-2;/h3-9,14H,10-13,15H2,1-2H3,(H,21,22);1H. The Morgan fingerprint density at radius 1 is 1.17 bits per heavy atom. The second-order valence-corrected chi connectivity index (χ2v) is 6.47. The maximum Gasteiger partial charge on any atom is 0.269 e. The minimum Gasteiger partial charge on any atom is -0.495 e. The number of rotatable bonds is 5. The van der Waals surface area contributed by atoms with Crippen molar-refractivity contribution in [3.63, 3.8) is 0 Å². The first-order valence-electron chi connectivity index (χ1n) is 9.19. The third-order valence-electron chi connectivity index (χ3n) is 4.79. The average Bonchev–Trinajstić information content (AvgIpc) is 2.75. The van der Waals surface area contributed by atoms with E-state index in [1.165, 1.54) is 6.07 Å². The fourth-order valence-corrected chi connectivity index (χ4v) is 3.34. The Morgan fingerprint density at radius 2 is 1.90 bits per heavy atom. The van der Waals surface area contributed by atoms with Gasteiger partial charge in [-0.05, 0) is 17.7 Å². The summed E-state index contributed by atoms with van der Waals surface area (Å²) in [5.74, 6) is 1.68. The number of benzene rings is 2. The Morgan fingerprint density at radius 3 is 2.55 bits per heavy atom. The van der Waals surface area contributed by atoms with Crippen molar-refractivity contribution in [1.29, 1.82) is 0 Å². The SMILES string of the molecule is CN=C(NCc1cccc([N+](=O)[O-])c1)N1CCN(c2ccccc2OC)CC1.I. The number of methoxy groups -OCH3 is 1. The van der Waals surface area contributed by atoms with E-state index in [9.17, 15) is 10.1 Å². The van der Waals surface area contributed by atoms with Crippen molar-refractivity contribution in [2.75, 3.05) is 45.2 Å². The van der Waals surface area contributed by atoms with Crippen LogP contribution in [0.15, 0.2) is 53.5 Å². The zero-order chi connectivity index (χ0) is 19.9. The predicted molar refractivity (Wildman–Crippen MR) is 125 cm³/mol. The fraction of sp³-hybridized carbons (Fsp3) is 0.350. The van der Waals surface area contributed by atoms with Crippen LogP contribution in [0.4, 0.5) is 11.4 Å². The molecular weight excluding hydrogens is 485 g/mol. The van der Waals surface area contributed by atoms with Crippen LogP contribution >= 0.6 is 24.0 Å². The lowest BCUT2D eigenvalue weighted by molar-refractivity contribution is -0.384. The van der Waals surface area contributed by atoms with E-state index in [4.69, 9.17) is 4.74 Å². The van der Waals surface area contributed by atoms with Crippen molar-refractivity contribution in [3.05, 3.63) is 64.2 Å². The molecule has 0 atom stereocenters. The van der Waals surface area contributed by atoms with E-state index in [2.05, 4.69) is 26.2 Å². The number of aliphatic imine (C=N–C) groups is 1. The highest BCUT2D eigenvalue weighted by molar-refractivity contribution is 14.0. The molecule has 0 spiro atoms. The zero-order valence-electron chi connectivity index (χ0n) is 16.6. The molecule has 0 unspecified atom stereocenters. The molecule has 1 aliphatic heterocycles. The van der Waals surface area contributed by atoms with Crippen LogP contribution in [-0.4, -0.2) is 56.1 Å². The van der Waals surface area contributed by atoms with Crippen LogP contribution in [0.2, 0.25) is 0 Å². The minimum atomic E-state index is -0.380. The van der Waals surface area contributed by atoms with Crippen LogP contribution in [0.1, 0.15) is 5.56 Å². The number of nitro groups is 1. The lowest BCUT2D eigenvalue weighted by atomic mass is 10.2. The summed E-state index contributed by atoms with van der Waals surface area (Å²) in [5, 5.41) is 14.2. The van der Waals surface area contributed by atoms with Crippen LogP contribution in [-0.2, 0) is 6.54 Å². The molecule has 1 fully saturated rings. The monoisotopic (exact) mass is 511 g/mol. The average molecular weight is 511 g/mol. The Balaban J connectivity index is 0.00000300. The van der Waals surface area contributed by atoms with Gasteiger partial charge >= 0.3 is 0 Å².